The van der Waals surface area contributed by atoms with Gasteiger partial charge in [0, 0.05) is 47.5 Å². The Morgan fingerprint density at radius 1 is 1.25 bits per heavy atom. The molecule has 0 aromatic heterocycles. The molecule has 24 heavy (non-hydrogen) atoms. The number of guanidine groups is 1. The number of rotatable bonds is 10. The maximum absolute atomic E-state index is 12.1. The molecule has 2 atom stereocenters. The Kier molecular flexibility index (Phi) is 15.7. The lowest BCUT2D eigenvalue weighted by atomic mass is 9.94. The van der Waals surface area contributed by atoms with Crippen LogP contribution in [0.15, 0.2) is 4.99 Å². The largest absolute Gasteiger partial charge is 0.396 e. The summed E-state index contributed by atoms with van der Waals surface area (Å²) < 4.78 is 11.9. The van der Waals surface area contributed by atoms with Crippen LogP contribution in [0.3, 0.4) is 0 Å². The Balaban J connectivity index is 0. The highest BCUT2D eigenvalue weighted by Gasteiger charge is 2.18. The molecule has 0 spiro atoms. The molecule has 0 bridgehead atoms. The van der Waals surface area contributed by atoms with Crippen LogP contribution in [0.1, 0.15) is 54.4 Å². The molecular weight excluding hydrogens is 437 g/mol. The van der Waals surface area contributed by atoms with E-state index in [1.165, 1.54) is 0 Å². The molecule has 5 nitrogen and oxygen atoms in total. The lowest BCUT2D eigenvalue weighted by Gasteiger charge is -2.19. The highest BCUT2D eigenvalue weighted by atomic mass is 127. The lowest BCUT2D eigenvalue weighted by molar-refractivity contribution is 0.245. The molecular formula is C17H38IN3O2S. The Labute approximate surface area is 168 Å². The highest BCUT2D eigenvalue weighted by molar-refractivity contribution is 14.0. The fraction of sp³-hybridized carbons (Fsp3) is 0.941. The normalized spacial score (nSPS) is 14.9. The van der Waals surface area contributed by atoms with Crippen molar-refractivity contribution in [3.8, 4) is 0 Å². The number of aliphatic hydroxyl groups is 1. The molecule has 0 aliphatic carbocycles. The number of nitrogens with zero attached hydrogens (tertiary/aromatic N) is 1. The van der Waals surface area contributed by atoms with Gasteiger partial charge in [-0.15, -0.1) is 24.0 Å². The van der Waals surface area contributed by atoms with E-state index in [9.17, 15) is 9.32 Å². The van der Waals surface area contributed by atoms with Crippen molar-refractivity contribution in [2.45, 2.75) is 59.1 Å². The maximum Gasteiger partial charge on any atom is 0.191 e. The second-order valence-electron chi connectivity index (χ2n) is 7.32. The zero-order chi connectivity index (χ0) is 17.9. The van der Waals surface area contributed by atoms with E-state index >= 15 is 0 Å². The van der Waals surface area contributed by atoms with Gasteiger partial charge in [0.25, 0.3) is 0 Å². The van der Waals surface area contributed by atoms with Crippen LogP contribution in [-0.4, -0.2) is 52.0 Å². The van der Waals surface area contributed by atoms with E-state index in [-0.39, 0.29) is 35.3 Å². The molecule has 0 saturated heterocycles. The number of nitrogens with one attached hydrogen (secondary N) is 2. The molecule has 0 aromatic carbocycles. The molecule has 0 radical (unpaired) electrons. The fourth-order valence-corrected chi connectivity index (χ4v) is 3.16. The number of halogens is 1. The molecule has 7 heteroatoms. The summed E-state index contributed by atoms with van der Waals surface area (Å²) in [6, 6.07) is 0. The minimum absolute atomic E-state index is 0. The summed E-state index contributed by atoms with van der Waals surface area (Å²) in [5, 5.41) is 15.7. The van der Waals surface area contributed by atoms with Crippen LogP contribution in [0.4, 0.5) is 0 Å². The molecule has 3 N–H and O–H groups in total. The minimum atomic E-state index is -0.860. The van der Waals surface area contributed by atoms with Crippen molar-refractivity contribution >= 4 is 40.7 Å². The fourth-order valence-electron chi connectivity index (χ4n) is 2.26. The van der Waals surface area contributed by atoms with Crippen molar-refractivity contribution in [1.29, 1.82) is 0 Å². The number of hydrogen-bond acceptors (Lipinski definition) is 3. The standard InChI is InChI=1S/C17H37N3O2S.HI/c1-7-18-16(19-9-11-23(22)17(4,5)6)20-13-15(8-10-21)12-14(2)3;/h14-15,21H,7-13H2,1-6H3,(H2,18,19,20);1H. The van der Waals surface area contributed by atoms with Crippen LogP contribution in [0.2, 0.25) is 0 Å². The highest BCUT2D eigenvalue weighted by Crippen LogP contribution is 2.15. The van der Waals surface area contributed by atoms with Gasteiger partial charge in [-0.05, 0) is 52.4 Å². The van der Waals surface area contributed by atoms with Crippen molar-refractivity contribution in [3.63, 3.8) is 0 Å². The van der Waals surface area contributed by atoms with Gasteiger partial charge in [0.2, 0.25) is 0 Å². The SMILES string of the molecule is CCNC(=NCC(CCO)CC(C)C)NCCS(=O)C(C)(C)C.I. The summed E-state index contributed by atoms with van der Waals surface area (Å²) in [7, 11) is -0.860. The Hall–Kier alpha value is 0.110. The molecule has 0 aromatic rings. The van der Waals surface area contributed by atoms with Crippen LogP contribution < -0.4 is 10.6 Å². The van der Waals surface area contributed by atoms with Crippen LogP contribution >= 0.6 is 24.0 Å². The molecule has 0 aliphatic heterocycles. The van der Waals surface area contributed by atoms with Crippen molar-refractivity contribution in [2.24, 2.45) is 16.8 Å². The van der Waals surface area contributed by atoms with Crippen LogP contribution in [0.25, 0.3) is 0 Å². The Bertz CT molecular complexity index is 371. The van der Waals surface area contributed by atoms with Gasteiger partial charge in [-0.25, -0.2) is 0 Å². The van der Waals surface area contributed by atoms with Gasteiger partial charge in [0.15, 0.2) is 5.96 Å². The third-order valence-electron chi connectivity index (χ3n) is 3.46. The summed E-state index contributed by atoms with van der Waals surface area (Å²) >= 11 is 0. The molecule has 0 amide bonds. The molecule has 0 rings (SSSR count). The Morgan fingerprint density at radius 2 is 1.88 bits per heavy atom. The topological polar surface area (TPSA) is 73.7 Å². The minimum Gasteiger partial charge on any atom is -0.396 e. The van der Waals surface area contributed by atoms with E-state index in [1.54, 1.807) is 0 Å². The molecule has 0 fully saturated rings. The predicted molar refractivity (Wildman–Crippen MR) is 117 cm³/mol. The number of aliphatic hydroxyl groups excluding tert-OH is 1. The first-order valence-electron chi connectivity index (χ1n) is 8.72. The quantitative estimate of drug-likeness (QED) is 0.258. The maximum atomic E-state index is 12.1. The van der Waals surface area contributed by atoms with Crippen LogP contribution in [0, 0.1) is 11.8 Å². The molecule has 0 heterocycles. The molecule has 146 valence electrons. The van der Waals surface area contributed by atoms with Gasteiger partial charge in [-0.1, -0.05) is 13.8 Å². The average Bonchev–Trinajstić information content (AvgIpc) is 2.42. The van der Waals surface area contributed by atoms with Gasteiger partial charge in [-0.3, -0.25) is 9.20 Å². The van der Waals surface area contributed by atoms with Gasteiger partial charge in [0.05, 0.1) is 0 Å². The third kappa shape index (κ3) is 13.4. The zero-order valence-electron chi connectivity index (χ0n) is 16.2. The van der Waals surface area contributed by atoms with Crippen LogP contribution in [0.5, 0.6) is 0 Å². The van der Waals surface area contributed by atoms with Crippen molar-refractivity contribution in [2.75, 3.05) is 32.0 Å². The smallest absolute Gasteiger partial charge is 0.191 e. The summed E-state index contributed by atoms with van der Waals surface area (Å²) in [5.74, 6) is 2.38. The van der Waals surface area contributed by atoms with Crippen LogP contribution in [-0.2, 0) is 10.8 Å². The van der Waals surface area contributed by atoms with E-state index in [1.807, 2.05) is 27.7 Å². The first-order chi connectivity index (χ1) is 10.7. The molecule has 0 saturated carbocycles. The van der Waals surface area contributed by atoms with Crippen molar-refractivity contribution in [1.82, 2.24) is 10.6 Å². The first kappa shape index (κ1) is 26.3. The summed E-state index contributed by atoms with van der Waals surface area (Å²) in [6.45, 7) is 14.8. The molecule has 0 aliphatic rings. The van der Waals surface area contributed by atoms with Crippen molar-refractivity contribution in [3.05, 3.63) is 0 Å². The summed E-state index contributed by atoms with van der Waals surface area (Å²) in [5.41, 5.74) is 0. The van der Waals surface area contributed by atoms with E-state index in [2.05, 4.69) is 29.5 Å². The number of hydrogen-bond donors (Lipinski definition) is 3. The monoisotopic (exact) mass is 475 g/mol. The van der Waals surface area contributed by atoms with Crippen molar-refractivity contribution < 1.29 is 9.32 Å². The predicted octanol–water partition coefficient (Wildman–Crippen LogP) is 2.75. The zero-order valence-corrected chi connectivity index (χ0v) is 19.4. The van der Waals surface area contributed by atoms with Gasteiger partial charge in [0.1, 0.15) is 0 Å². The second-order valence-corrected chi connectivity index (χ2v) is 9.64. The van der Waals surface area contributed by atoms with Gasteiger partial charge in [-0.2, -0.15) is 0 Å². The van der Waals surface area contributed by atoms with E-state index in [0.29, 0.717) is 30.7 Å². The van der Waals surface area contributed by atoms with E-state index in [0.717, 1.165) is 25.3 Å². The Morgan fingerprint density at radius 3 is 2.33 bits per heavy atom. The number of aliphatic imine (C=N–C) groups is 1. The average molecular weight is 475 g/mol. The van der Waals surface area contributed by atoms with E-state index < -0.39 is 10.8 Å². The van der Waals surface area contributed by atoms with Gasteiger partial charge < -0.3 is 15.7 Å². The summed E-state index contributed by atoms with van der Waals surface area (Å²) in [4.78, 5) is 4.63. The second kappa shape index (κ2) is 14.3. The summed E-state index contributed by atoms with van der Waals surface area (Å²) in [6.07, 6.45) is 1.85. The van der Waals surface area contributed by atoms with E-state index in [4.69, 9.17) is 0 Å². The van der Waals surface area contributed by atoms with Gasteiger partial charge >= 0.3 is 0 Å². The first-order valence-corrected chi connectivity index (χ1v) is 10.0. The third-order valence-corrected chi connectivity index (χ3v) is 5.40. The molecule has 2 unspecified atom stereocenters. The lowest BCUT2D eigenvalue weighted by Crippen LogP contribution is -2.40.